The summed E-state index contributed by atoms with van der Waals surface area (Å²) in [5.74, 6) is 0.977. The van der Waals surface area contributed by atoms with Crippen molar-refractivity contribution in [1.29, 1.82) is 0 Å². The van der Waals surface area contributed by atoms with Crippen molar-refractivity contribution < 1.29 is 14.0 Å². The summed E-state index contributed by atoms with van der Waals surface area (Å²) in [4.78, 5) is 27.5. The maximum absolute atomic E-state index is 12.4. The summed E-state index contributed by atoms with van der Waals surface area (Å²) in [7, 11) is 0. The van der Waals surface area contributed by atoms with E-state index in [0.29, 0.717) is 36.6 Å². The maximum atomic E-state index is 12.4. The Morgan fingerprint density at radius 1 is 1.31 bits per heavy atom. The predicted octanol–water partition coefficient (Wildman–Crippen LogP) is 3.07. The van der Waals surface area contributed by atoms with Crippen LogP contribution in [0.2, 0.25) is 0 Å². The standard InChI is InChI=1S/C19H21N5O3S2/c25-16(7-10-24-17(21-22-19(24)28)15-4-2-12-29-15)20-13-5-8-23(9-6-13)18(26)14-3-1-11-27-14/h1-4,11-13H,5-10H2,(H,20,25)(H,22,28). The lowest BCUT2D eigenvalue weighted by atomic mass is 10.0. The highest BCUT2D eigenvalue weighted by Crippen LogP contribution is 2.23. The van der Waals surface area contributed by atoms with E-state index < -0.39 is 0 Å². The number of hydrogen-bond acceptors (Lipinski definition) is 6. The van der Waals surface area contributed by atoms with E-state index in [4.69, 9.17) is 16.6 Å². The topological polar surface area (TPSA) is 96.2 Å². The first-order chi connectivity index (χ1) is 14.1. The molecule has 1 saturated heterocycles. The Kier molecular flexibility index (Phi) is 5.91. The van der Waals surface area contributed by atoms with E-state index in [2.05, 4.69) is 15.5 Å². The van der Waals surface area contributed by atoms with Crippen LogP contribution in [0.3, 0.4) is 0 Å². The van der Waals surface area contributed by atoms with E-state index in [-0.39, 0.29) is 17.9 Å². The van der Waals surface area contributed by atoms with Crippen LogP contribution in [0.15, 0.2) is 40.3 Å². The van der Waals surface area contributed by atoms with E-state index in [1.807, 2.05) is 22.1 Å². The van der Waals surface area contributed by atoms with Gasteiger partial charge in [0.2, 0.25) is 5.91 Å². The highest BCUT2D eigenvalue weighted by molar-refractivity contribution is 7.71. The molecule has 1 aliphatic rings. The summed E-state index contributed by atoms with van der Waals surface area (Å²) in [6.07, 6.45) is 3.27. The zero-order chi connectivity index (χ0) is 20.2. The number of rotatable bonds is 6. The van der Waals surface area contributed by atoms with Crippen molar-refractivity contribution in [2.24, 2.45) is 0 Å². The van der Waals surface area contributed by atoms with Crippen LogP contribution in [-0.2, 0) is 11.3 Å². The number of nitrogens with one attached hydrogen (secondary N) is 2. The summed E-state index contributed by atoms with van der Waals surface area (Å²) < 4.78 is 7.53. The van der Waals surface area contributed by atoms with Crippen molar-refractivity contribution in [3.8, 4) is 10.7 Å². The molecule has 2 amide bonds. The number of aromatic amines is 1. The molecular formula is C19H21N5O3S2. The molecule has 0 radical (unpaired) electrons. The van der Waals surface area contributed by atoms with Gasteiger partial charge in [0, 0.05) is 32.1 Å². The van der Waals surface area contributed by atoms with Crippen LogP contribution in [-0.4, -0.2) is 50.6 Å². The summed E-state index contributed by atoms with van der Waals surface area (Å²) in [6.45, 7) is 1.66. The van der Waals surface area contributed by atoms with Gasteiger partial charge in [0.25, 0.3) is 5.91 Å². The molecule has 0 atom stereocenters. The molecule has 152 valence electrons. The van der Waals surface area contributed by atoms with Crippen LogP contribution in [0.25, 0.3) is 10.7 Å². The Hall–Kier alpha value is -2.72. The number of aromatic nitrogens is 3. The van der Waals surface area contributed by atoms with Crippen molar-refractivity contribution in [2.75, 3.05) is 13.1 Å². The van der Waals surface area contributed by atoms with Crippen molar-refractivity contribution in [1.82, 2.24) is 25.0 Å². The number of piperidine rings is 1. The Morgan fingerprint density at radius 2 is 2.14 bits per heavy atom. The van der Waals surface area contributed by atoms with Gasteiger partial charge in [-0.1, -0.05) is 6.07 Å². The normalized spacial score (nSPS) is 14.8. The second kappa shape index (κ2) is 8.75. The minimum atomic E-state index is -0.102. The van der Waals surface area contributed by atoms with Crippen LogP contribution in [0, 0.1) is 4.77 Å². The van der Waals surface area contributed by atoms with Gasteiger partial charge in [-0.05, 0) is 48.6 Å². The Bertz CT molecular complexity index is 1010. The molecule has 4 heterocycles. The van der Waals surface area contributed by atoms with Crippen LogP contribution < -0.4 is 5.32 Å². The second-order valence-corrected chi connectivity index (χ2v) is 8.18. The van der Waals surface area contributed by atoms with Crippen molar-refractivity contribution >= 4 is 35.4 Å². The number of thiophene rings is 1. The molecule has 0 saturated carbocycles. The largest absolute Gasteiger partial charge is 0.459 e. The molecule has 8 nitrogen and oxygen atoms in total. The molecule has 1 aliphatic heterocycles. The number of H-pyrrole nitrogens is 1. The SMILES string of the molecule is O=C(CCn1c(-c2cccs2)n[nH]c1=S)NC1CCN(C(=O)c2ccco2)CC1. The number of amides is 2. The first kappa shape index (κ1) is 19.6. The molecule has 1 fully saturated rings. The van der Waals surface area contributed by atoms with Crippen molar-refractivity contribution in [3.05, 3.63) is 46.4 Å². The fourth-order valence-corrected chi connectivity index (χ4v) is 4.36. The number of carbonyl (C=O) groups excluding carboxylic acids is 2. The highest BCUT2D eigenvalue weighted by Gasteiger charge is 2.25. The second-order valence-electron chi connectivity index (χ2n) is 6.84. The predicted molar refractivity (Wildman–Crippen MR) is 111 cm³/mol. The monoisotopic (exact) mass is 431 g/mol. The zero-order valence-corrected chi connectivity index (χ0v) is 17.3. The summed E-state index contributed by atoms with van der Waals surface area (Å²) in [5.41, 5.74) is 0. The van der Waals surface area contributed by atoms with Gasteiger partial charge in [-0.3, -0.25) is 19.3 Å². The molecule has 3 aromatic rings. The Labute approximate surface area is 176 Å². The van der Waals surface area contributed by atoms with Gasteiger partial charge in [0.05, 0.1) is 11.1 Å². The average Bonchev–Trinajstić information content (AvgIpc) is 3.48. The fourth-order valence-electron chi connectivity index (χ4n) is 3.42. The number of furan rings is 1. The summed E-state index contributed by atoms with van der Waals surface area (Å²) >= 11 is 6.88. The summed E-state index contributed by atoms with van der Waals surface area (Å²) in [6, 6.07) is 7.37. The molecule has 0 aromatic carbocycles. The zero-order valence-electron chi connectivity index (χ0n) is 15.7. The highest BCUT2D eigenvalue weighted by atomic mass is 32.1. The first-order valence-electron chi connectivity index (χ1n) is 9.43. The molecule has 0 aliphatic carbocycles. The molecule has 10 heteroatoms. The lowest BCUT2D eigenvalue weighted by Crippen LogP contribution is -2.46. The molecule has 4 rings (SSSR count). The molecule has 0 bridgehead atoms. The van der Waals surface area contributed by atoms with Crippen molar-refractivity contribution in [2.45, 2.75) is 31.8 Å². The third-order valence-corrected chi connectivity index (χ3v) is 6.12. The van der Waals surface area contributed by atoms with Gasteiger partial charge in [-0.2, -0.15) is 5.10 Å². The maximum Gasteiger partial charge on any atom is 0.289 e. The average molecular weight is 432 g/mol. The van der Waals surface area contributed by atoms with E-state index >= 15 is 0 Å². The fraction of sp³-hybridized carbons (Fsp3) is 0.368. The minimum absolute atomic E-state index is 0.0268. The number of carbonyl (C=O) groups is 2. The van der Waals surface area contributed by atoms with Crippen LogP contribution in [0.5, 0.6) is 0 Å². The van der Waals surface area contributed by atoms with Gasteiger partial charge >= 0.3 is 0 Å². The molecule has 3 aromatic heterocycles. The smallest absolute Gasteiger partial charge is 0.289 e. The minimum Gasteiger partial charge on any atom is -0.459 e. The molecule has 29 heavy (non-hydrogen) atoms. The lowest BCUT2D eigenvalue weighted by Gasteiger charge is -2.31. The third kappa shape index (κ3) is 4.48. The van der Waals surface area contributed by atoms with E-state index in [1.54, 1.807) is 28.4 Å². The third-order valence-electron chi connectivity index (χ3n) is 4.94. The first-order valence-corrected chi connectivity index (χ1v) is 10.7. The number of likely N-dealkylation sites (tertiary alicyclic amines) is 1. The van der Waals surface area contributed by atoms with Crippen LogP contribution in [0.1, 0.15) is 29.8 Å². The van der Waals surface area contributed by atoms with Crippen LogP contribution in [0.4, 0.5) is 0 Å². The van der Waals surface area contributed by atoms with Gasteiger partial charge in [-0.15, -0.1) is 11.3 Å². The molecular weight excluding hydrogens is 410 g/mol. The number of nitrogens with zero attached hydrogens (tertiary/aromatic N) is 3. The lowest BCUT2D eigenvalue weighted by molar-refractivity contribution is -0.122. The summed E-state index contributed by atoms with van der Waals surface area (Å²) in [5, 5.41) is 12.1. The quantitative estimate of drug-likeness (QED) is 0.585. The van der Waals surface area contributed by atoms with Gasteiger partial charge in [0.1, 0.15) is 0 Å². The number of hydrogen-bond donors (Lipinski definition) is 2. The van der Waals surface area contributed by atoms with Crippen LogP contribution >= 0.6 is 23.6 Å². The molecule has 0 spiro atoms. The van der Waals surface area contributed by atoms with Gasteiger partial charge < -0.3 is 14.6 Å². The van der Waals surface area contributed by atoms with Crippen molar-refractivity contribution in [3.63, 3.8) is 0 Å². The Balaban J connectivity index is 1.27. The van der Waals surface area contributed by atoms with E-state index in [0.717, 1.165) is 23.5 Å². The van der Waals surface area contributed by atoms with E-state index in [9.17, 15) is 9.59 Å². The van der Waals surface area contributed by atoms with Gasteiger partial charge in [-0.25, -0.2) is 0 Å². The molecule has 2 N–H and O–H groups in total. The Morgan fingerprint density at radius 3 is 2.83 bits per heavy atom. The van der Waals surface area contributed by atoms with Gasteiger partial charge in [0.15, 0.2) is 16.4 Å². The van der Waals surface area contributed by atoms with E-state index in [1.165, 1.54) is 6.26 Å². The molecule has 0 unspecified atom stereocenters.